The lowest BCUT2D eigenvalue weighted by molar-refractivity contribution is -0.126. The van der Waals surface area contributed by atoms with Gasteiger partial charge >= 0.3 is 0 Å². The minimum atomic E-state index is 0.112. The Hall–Kier alpha value is -0.870. The molecule has 3 nitrogen and oxygen atoms in total. The van der Waals surface area contributed by atoms with Crippen LogP contribution in [0.25, 0.3) is 0 Å². The van der Waals surface area contributed by atoms with Gasteiger partial charge in [-0.2, -0.15) is 0 Å². The van der Waals surface area contributed by atoms with Crippen LogP contribution in [0.5, 0.6) is 0 Å². The van der Waals surface area contributed by atoms with E-state index < -0.39 is 0 Å². The molecule has 1 aromatic heterocycles. The minimum absolute atomic E-state index is 0.112. The van der Waals surface area contributed by atoms with Crippen LogP contribution >= 0.6 is 11.3 Å². The molecule has 0 aliphatic heterocycles. The largest absolute Gasteiger partial charge is 0.349 e. The van der Waals surface area contributed by atoms with Gasteiger partial charge in [0.25, 0.3) is 0 Å². The first kappa shape index (κ1) is 12.6. The molecule has 0 saturated heterocycles. The van der Waals surface area contributed by atoms with E-state index in [-0.39, 0.29) is 23.9 Å². The topological polar surface area (TPSA) is 55.1 Å². The average molecular weight is 252 g/mol. The first-order valence-corrected chi connectivity index (χ1v) is 7.14. The molecule has 1 saturated carbocycles. The molecule has 94 valence electrons. The molecule has 2 rings (SSSR count). The number of hydrogen-bond donors (Lipinski definition) is 2. The molecule has 1 aliphatic rings. The fourth-order valence-electron chi connectivity index (χ4n) is 2.41. The van der Waals surface area contributed by atoms with Crippen molar-refractivity contribution >= 4 is 17.2 Å². The molecule has 2 unspecified atom stereocenters. The van der Waals surface area contributed by atoms with Gasteiger partial charge in [0.1, 0.15) is 0 Å². The van der Waals surface area contributed by atoms with Gasteiger partial charge in [-0.25, -0.2) is 0 Å². The molecule has 1 heterocycles. The lowest BCUT2D eigenvalue weighted by Gasteiger charge is -2.26. The van der Waals surface area contributed by atoms with Crippen molar-refractivity contribution < 1.29 is 4.79 Å². The highest BCUT2D eigenvalue weighted by atomic mass is 32.1. The zero-order valence-electron chi connectivity index (χ0n) is 10.2. The Balaban J connectivity index is 1.88. The van der Waals surface area contributed by atoms with Gasteiger partial charge in [-0.1, -0.05) is 12.5 Å². The van der Waals surface area contributed by atoms with Gasteiger partial charge in [-0.15, -0.1) is 11.3 Å². The minimum Gasteiger partial charge on any atom is -0.349 e. The summed E-state index contributed by atoms with van der Waals surface area (Å²) >= 11 is 1.68. The molecule has 4 heteroatoms. The molecule has 3 atom stereocenters. The van der Waals surface area contributed by atoms with Crippen LogP contribution in [0, 0.1) is 5.92 Å². The maximum absolute atomic E-state index is 12.1. The number of amides is 1. The van der Waals surface area contributed by atoms with Crippen molar-refractivity contribution in [1.29, 1.82) is 0 Å². The van der Waals surface area contributed by atoms with Crippen LogP contribution in [0.3, 0.4) is 0 Å². The SMILES string of the molecule is C[C@@H](NC(=O)C1CCCC(N)C1)c1cccs1. The molecule has 0 bridgehead atoms. The highest BCUT2D eigenvalue weighted by Gasteiger charge is 2.26. The number of nitrogens with two attached hydrogens (primary N) is 1. The lowest BCUT2D eigenvalue weighted by Crippen LogP contribution is -2.38. The van der Waals surface area contributed by atoms with Crippen LogP contribution in [0.1, 0.15) is 43.5 Å². The summed E-state index contributed by atoms with van der Waals surface area (Å²) in [5, 5.41) is 5.12. The van der Waals surface area contributed by atoms with E-state index in [1.54, 1.807) is 11.3 Å². The summed E-state index contributed by atoms with van der Waals surface area (Å²) in [7, 11) is 0. The number of hydrogen-bond acceptors (Lipinski definition) is 3. The van der Waals surface area contributed by atoms with E-state index in [1.807, 2.05) is 18.4 Å². The third kappa shape index (κ3) is 3.30. The molecule has 3 N–H and O–H groups in total. The maximum atomic E-state index is 12.1. The second-order valence-electron chi connectivity index (χ2n) is 4.87. The van der Waals surface area contributed by atoms with Crippen LogP contribution in [0.4, 0.5) is 0 Å². The van der Waals surface area contributed by atoms with Crippen molar-refractivity contribution in [3.05, 3.63) is 22.4 Å². The van der Waals surface area contributed by atoms with Gasteiger partial charge in [0.15, 0.2) is 0 Å². The van der Waals surface area contributed by atoms with Crippen LogP contribution in [0.2, 0.25) is 0 Å². The van der Waals surface area contributed by atoms with Crippen LogP contribution in [0.15, 0.2) is 17.5 Å². The molecule has 0 spiro atoms. The van der Waals surface area contributed by atoms with Gasteiger partial charge in [-0.05, 0) is 37.6 Å². The Morgan fingerprint density at radius 1 is 1.59 bits per heavy atom. The average Bonchev–Trinajstić information content (AvgIpc) is 2.82. The summed E-state index contributed by atoms with van der Waals surface area (Å²) in [6.45, 7) is 2.03. The number of carbonyl (C=O) groups excluding carboxylic acids is 1. The first-order valence-electron chi connectivity index (χ1n) is 6.26. The molecule has 1 fully saturated rings. The molecule has 0 radical (unpaired) electrons. The van der Waals surface area contributed by atoms with Gasteiger partial charge in [0.2, 0.25) is 5.91 Å². The molecule has 0 aromatic carbocycles. The fourth-order valence-corrected chi connectivity index (χ4v) is 3.14. The summed E-state index contributed by atoms with van der Waals surface area (Å²) in [4.78, 5) is 13.3. The van der Waals surface area contributed by atoms with E-state index in [0.29, 0.717) is 0 Å². The standard InChI is InChI=1S/C13H20N2OS/c1-9(12-6-3-7-17-12)15-13(16)10-4-2-5-11(14)8-10/h3,6-7,9-11H,2,4-5,8,14H2,1H3,(H,15,16)/t9-,10?,11?/m1/s1. The molecule has 1 aromatic rings. The first-order chi connectivity index (χ1) is 8.16. The van der Waals surface area contributed by atoms with Gasteiger partial charge in [-0.3, -0.25) is 4.79 Å². The van der Waals surface area contributed by atoms with Gasteiger partial charge in [0.05, 0.1) is 6.04 Å². The Morgan fingerprint density at radius 3 is 3.06 bits per heavy atom. The number of thiophene rings is 1. The number of rotatable bonds is 3. The summed E-state index contributed by atoms with van der Waals surface area (Å²) in [5.74, 6) is 0.280. The molecular weight excluding hydrogens is 232 g/mol. The zero-order chi connectivity index (χ0) is 12.3. The predicted molar refractivity (Wildman–Crippen MR) is 70.8 cm³/mol. The van der Waals surface area contributed by atoms with E-state index in [0.717, 1.165) is 25.7 Å². The fraction of sp³-hybridized carbons (Fsp3) is 0.615. The van der Waals surface area contributed by atoms with Crippen LogP contribution in [-0.2, 0) is 4.79 Å². The van der Waals surface area contributed by atoms with Crippen LogP contribution in [-0.4, -0.2) is 11.9 Å². The van der Waals surface area contributed by atoms with Crippen molar-refractivity contribution in [1.82, 2.24) is 5.32 Å². The van der Waals surface area contributed by atoms with Crippen molar-refractivity contribution in [3.63, 3.8) is 0 Å². The monoisotopic (exact) mass is 252 g/mol. The van der Waals surface area contributed by atoms with Crippen molar-refractivity contribution in [2.45, 2.75) is 44.7 Å². The molecule has 1 aliphatic carbocycles. The van der Waals surface area contributed by atoms with E-state index >= 15 is 0 Å². The third-order valence-electron chi connectivity index (χ3n) is 3.41. The Morgan fingerprint density at radius 2 is 2.41 bits per heavy atom. The highest BCUT2D eigenvalue weighted by Crippen LogP contribution is 2.25. The van der Waals surface area contributed by atoms with E-state index in [9.17, 15) is 4.79 Å². The van der Waals surface area contributed by atoms with Gasteiger partial charge < -0.3 is 11.1 Å². The Labute approximate surface area is 106 Å². The summed E-state index contributed by atoms with van der Waals surface area (Å²) < 4.78 is 0. The van der Waals surface area contributed by atoms with Crippen molar-refractivity contribution in [3.8, 4) is 0 Å². The maximum Gasteiger partial charge on any atom is 0.223 e. The smallest absolute Gasteiger partial charge is 0.223 e. The molecule has 17 heavy (non-hydrogen) atoms. The van der Waals surface area contributed by atoms with E-state index in [4.69, 9.17) is 5.73 Å². The van der Waals surface area contributed by atoms with Crippen LogP contribution < -0.4 is 11.1 Å². The van der Waals surface area contributed by atoms with E-state index in [2.05, 4.69) is 11.4 Å². The predicted octanol–water partition coefficient (Wildman–Crippen LogP) is 2.44. The number of nitrogens with one attached hydrogen (secondary N) is 1. The van der Waals surface area contributed by atoms with E-state index in [1.165, 1.54) is 4.88 Å². The second kappa shape index (κ2) is 5.65. The molecular formula is C13H20N2OS. The summed E-state index contributed by atoms with van der Waals surface area (Å²) in [5.41, 5.74) is 5.91. The van der Waals surface area contributed by atoms with Crippen molar-refractivity contribution in [2.75, 3.05) is 0 Å². The second-order valence-corrected chi connectivity index (χ2v) is 5.85. The normalized spacial score (nSPS) is 26.5. The van der Waals surface area contributed by atoms with Gasteiger partial charge in [0, 0.05) is 16.8 Å². The zero-order valence-corrected chi connectivity index (χ0v) is 11.0. The highest BCUT2D eigenvalue weighted by molar-refractivity contribution is 7.10. The Kier molecular flexibility index (Phi) is 4.18. The summed E-state index contributed by atoms with van der Waals surface area (Å²) in [6, 6.07) is 4.39. The Bertz CT molecular complexity index is 364. The quantitative estimate of drug-likeness (QED) is 0.868. The molecule has 1 amide bonds. The number of carbonyl (C=O) groups is 1. The third-order valence-corrected chi connectivity index (χ3v) is 4.47. The lowest BCUT2D eigenvalue weighted by atomic mass is 9.85. The van der Waals surface area contributed by atoms with Crippen molar-refractivity contribution in [2.24, 2.45) is 11.7 Å². The summed E-state index contributed by atoms with van der Waals surface area (Å²) in [6.07, 6.45) is 3.95.